The van der Waals surface area contributed by atoms with Crippen LogP contribution in [0.2, 0.25) is 0 Å². The van der Waals surface area contributed by atoms with E-state index in [1.54, 1.807) is 11.1 Å². The Morgan fingerprint density at radius 2 is 2.05 bits per heavy atom. The quantitative estimate of drug-likeness (QED) is 0.454. The highest BCUT2D eigenvalue weighted by Crippen LogP contribution is 2.48. The van der Waals surface area contributed by atoms with E-state index in [2.05, 4.69) is 20.4 Å². The average Bonchev–Trinajstić information content (AvgIpc) is 2.97. The van der Waals surface area contributed by atoms with Gasteiger partial charge in [-0.3, -0.25) is 0 Å². The molecule has 116 valence electrons. The molecular weight excluding hydrogens is 252 g/mol. The van der Waals surface area contributed by atoms with Crippen LogP contribution < -0.4 is 0 Å². The van der Waals surface area contributed by atoms with Crippen LogP contribution in [0.5, 0.6) is 0 Å². The molecule has 0 spiro atoms. The van der Waals surface area contributed by atoms with Crippen LogP contribution in [-0.2, 0) is 0 Å². The summed E-state index contributed by atoms with van der Waals surface area (Å²) < 4.78 is 0. The summed E-state index contributed by atoms with van der Waals surface area (Å²) in [5.74, 6) is 1.83. The molecule has 21 heavy (non-hydrogen) atoms. The fraction of sp³-hybridized carbons (Fsp3) is 0.714. The zero-order chi connectivity index (χ0) is 14.8. The lowest BCUT2D eigenvalue weighted by molar-refractivity contribution is 0.482. The van der Waals surface area contributed by atoms with Crippen molar-refractivity contribution in [2.75, 3.05) is 0 Å². The van der Waals surface area contributed by atoms with Gasteiger partial charge in [-0.2, -0.15) is 0 Å². The first-order valence-electron chi connectivity index (χ1n) is 9.22. The highest BCUT2D eigenvalue weighted by atomic mass is 14.4. The van der Waals surface area contributed by atoms with Gasteiger partial charge in [-0.25, -0.2) is 0 Å². The van der Waals surface area contributed by atoms with E-state index in [1.807, 2.05) is 11.1 Å². The first-order valence-corrected chi connectivity index (χ1v) is 9.22. The maximum Gasteiger partial charge on any atom is -0.0108 e. The molecule has 0 nitrogen and oxygen atoms in total. The number of rotatable bonds is 7. The SMILES string of the molecule is C=C(CC1=C(C)CC(CCCC)C1)CC1CC2=C1CCC2. The Kier molecular flexibility index (Phi) is 4.72. The Bertz CT molecular complexity index is 474. The van der Waals surface area contributed by atoms with Crippen molar-refractivity contribution < 1.29 is 0 Å². The van der Waals surface area contributed by atoms with Gasteiger partial charge >= 0.3 is 0 Å². The molecule has 0 aromatic heterocycles. The van der Waals surface area contributed by atoms with Gasteiger partial charge in [0.05, 0.1) is 0 Å². The molecule has 0 heterocycles. The van der Waals surface area contributed by atoms with Crippen molar-refractivity contribution >= 4 is 0 Å². The van der Waals surface area contributed by atoms with Gasteiger partial charge in [0.2, 0.25) is 0 Å². The molecule has 3 rings (SSSR count). The normalized spacial score (nSPS) is 28.1. The highest BCUT2D eigenvalue weighted by Gasteiger charge is 2.32. The summed E-state index contributed by atoms with van der Waals surface area (Å²) >= 11 is 0. The molecule has 0 aliphatic heterocycles. The largest absolute Gasteiger partial charge is 0.0995 e. The van der Waals surface area contributed by atoms with Crippen molar-refractivity contribution in [1.82, 2.24) is 0 Å². The van der Waals surface area contributed by atoms with E-state index < -0.39 is 0 Å². The predicted molar refractivity (Wildman–Crippen MR) is 92.3 cm³/mol. The van der Waals surface area contributed by atoms with Crippen molar-refractivity contribution in [3.8, 4) is 0 Å². The third-order valence-electron chi connectivity index (χ3n) is 6.06. The van der Waals surface area contributed by atoms with Crippen LogP contribution in [0.3, 0.4) is 0 Å². The van der Waals surface area contributed by atoms with Gasteiger partial charge in [0.1, 0.15) is 0 Å². The fourth-order valence-electron chi connectivity index (χ4n) is 4.86. The second kappa shape index (κ2) is 6.55. The van der Waals surface area contributed by atoms with Gasteiger partial charge in [-0.05, 0) is 76.5 Å². The molecule has 0 saturated carbocycles. The van der Waals surface area contributed by atoms with Crippen molar-refractivity contribution in [2.45, 2.75) is 84.5 Å². The molecule has 0 radical (unpaired) electrons. The minimum absolute atomic E-state index is 0.883. The van der Waals surface area contributed by atoms with Crippen LogP contribution in [0.4, 0.5) is 0 Å². The van der Waals surface area contributed by atoms with E-state index in [0.717, 1.165) is 11.8 Å². The van der Waals surface area contributed by atoms with Crippen LogP contribution in [-0.4, -0.2) is 0 Å². The van der Waals surface area contributed by atoms with Crippen molar-refractivity contribution in [2.24, 2.45) is 11.8 Å². The molecule has 0 N–H and O–H groups in total. The van der Waals surface area contributed by atoms with Crippen LogP contribution in [0.25, 0.3) is 0 Å². The first-order chi connectivity index (χ1) is 10.2. The predicted octanol–water partition coefficient (Wildman–Crippen LogP) is 6.74. The van der Waals surface area contributed by atoms with Crippen LogP contribution in [0, 0.1) is 11.8 Å². The van der Waals surface area contributed by atoms with Crippen molar-refractivity contribution in [3.05, 3.63) is 34.4 Å². The van der Waals surface area contributed by atoms with E-state index in [4.69, 9.17) is 0 Å². The van der Waals surface area contributed by atoms with Crippen LogP contribution in [0.1, 0.15) is 84.5 Å². The first kappa shape index (κ1) is 15.1. The zero-order valence-electron chi connectivity index (χ0n) is 14.1. The number of unbranched alkanes of at least 4 members (excludes halogenated alkanes) is 1. The van der Waals surface area contributed by atoms with Gasteiger partial charge in [0.25, 0.3) is 0 Å². The summed E-state index contributed by atoms with van der Waals surface area (Å²) in [6, 6.07) is 0. The summed E-state index contributed by atoms with van der Waals surface area (Å²) in [7, 11) is 0. The van der Waals surface area contributed by atoms with Crippen molar-refractivity contribution in [1.29, 1.82) is 0 Å². The molecule has 0 bridgehead atoms. The van der Waals surface area contributed by atoms with E-state index in [1.165, 1.54) is 76.2 Å². The summed E-state index contributed by atoms with van der Waals surface area (Å²) in [6.45, 7) is 9.10. The Hall–Kier alpha value is -0.780. The number of hydrogen-bond donors (Lipinski definition) is 0. The van der Waals surface area contributed by atoms with Gasteiger partial charge in [-0.1, -0.05) is 54.2 Å². The molecule has 0 aromatic rings. The lowest BCUT2D eigenvalue weighted by atomic mass is 9.75. The molecule has 3 aliphatic rings. The monoisotopic (exact) mass is 284 g/mol. The summed E-state index contributed by atoms with van der Waals surface area (Å²) in [5.41, 5.74) is 8.56. The Morgan fingerprint density at radius 3 is 2.81 bits per heavy atom. The molecule has 0 fully saturated rings. The van der Waals surface area contributed by atoms with Crippen LogP contribution >= 0.6 is 0 Å². The minimum Gasteiger partial charge on any atom is -0.0995 e. The molecule has 0 aromatic carbocycles. The van der Waals surface area contributed by atoms with E-state index in [0.29, 0.717) is 0 Å². The number of hydrogen-bond acceptors (Lipinski definition) is 0. The third kappa shape index (κ3) is 3.35. The third-order valence-corrected chi connectivity index (χ3v) is 6.06. The zero-order valence-corrected chi connectivity index (χ0v) is 14.1. The van der Waals surface area contributed by atoms with E-state index in [-0.39, 0.29) is 0 Å². The van der Waals surface area contributed by atoms with Gasteiger partial charge in [0.15, 0.2) is 0 Å². The standard InChI is InChI=1S/C21H32/c1-4-5-7-17-12-16(3)19(13-17)10-15(2)11-20-14-18-8-6-9-21(18)20/h17,20H,2,4-14H2,1,3H3. The smallest absolute Gasteiger partial charge is 0.0108 e. The fourth-order valence-corrected chi connectivity index (χ4v) is 4.86. The maximum atomic E-state index is 4.42. The molecule has 0 heteroatoms. The Balaban J connectivity index is 1.46. The molecule has 3 aliphatic carbocycles. The Morgan fingerprint density at radius 1 is 1.19 bits per heavy atom. The highest BCUT2D eigenvalue weighted by molar-refractivity contribution is 5.34. The summed E-state index contributed by atoms with van der Waals surface area (Å²) in [6.07, 6.45) is 15.0. The van der Waals surface area contributed by atoms with Gasteiger partial charge in [0, 0.05) is 0 Å². The second-order valence-electron chi connectivity index (χ2n) is 7.81. The van der Waals surface area contributed by atoms with Gasteiger partial charge in [-0.15, -0.1) is 0 Å². The lowest BCUT2D eigenvalue weighted by Gasteiger charge is -2.30. The lowest BCUT2D eigenvalue weighted by Crippen LogP contribution is -2.15. The number of allylic oxidation sites excluding steroid dienone is 5. The second-order valence-corrected chi connectivity index (χ2v) is 7.81. The summed E-state index contributed by atoms with van der Waals surface area (Å²) in [4.78, 5) is 0. The van der Waals surface area contributed by atoms with Crippen LogP contribution in [0.15, 0.2) is 34.4 Å². The molecule has 2 atom stereocenters. The average molecular weight is 284 g/mol. The molecular formula is C21H32. The molecule has 0 saturated heterocycles. The molecule has 2 unspecified atom stereocenters. The van der Waals surface area contributed by atoms with E-state index in [9.17, 15) is 0 Å². The summed E-state index contributed by atoms with van der Waals surface area (Å²) in [5, 5.41) is 0. The Labute approximate surface area is 131 Å². The molecule has 0 amide bonds. The maximum absolute atomic E-state index is 4.42. The van der Waals surface area contributed by atoms with Crippen molar-refractivity contribution in [3.63, 3.8) is 0 Å². The van der Waals surface area contributed by atoms with Gasteiger partial charge < -0.3 is 0 Å². The topological polar surface area (TPSA) is 0 Å². The minimum atomic E-state index is 0.883. The van der Waals surface area contributed by atoms with E-state index >= 15 is 0 Å².